The van der Waals surface area contributed by atoms with Crippen LogP contribution in [-0.4, -0.2) is 0 Å². The molecule has 52 heavy (non-hydrogen) atoms. The maximum absolute atomic E-state index is 9.70. The molecule has 1 heterocycles. The Bertz CT molecular complexity index is 3580. The normalized spacial score (nSPS) is 15.0. The predicted molar refractivity (Wildman–Crippen MR) is 220 cm³/mol. The molecule has 9 aromatic carbocycles. The molecular formula is C50H33NO. The second-order valence-corrected chi connectivity index (χ2v) is 12.3. The van der Waals surface area contributed by atoms with Gasteiger partial charge in [0.1, 0.15) is 11.2 Å². The Morgan fingerprint density at radius 2 is 0.981 bits per heavy atom. The van der Waals surface area contributed by atoms with Gasteiger partial charge in [-0.1, -0.05) is 158 Å². The summed E-state index contributed by atoms with van der Waals surface area (Å²) in [6, 6.07) is 28.4. The number of hydrogen-bond acceptors (Lipinski definition) is 2. The Morgan fingerprint density at radius 1 is 0.404 bits per heavy atom. The van der Waals surface area contributed by atoms with Gasteiger partial charge in [-0.15, -0.1) is 0 Å². The van der Waals surface area contributed by atoms with E-state index in [2.05, 4.69) is 0 Å². The topological polar surface area (TPSA) is 16.4 Å². The van der Waals surface area contributed by atoms with Crippen LogP contribution < -0.4 is 4.90 Å². The van der Waals surface area contributed by atoms with Gasteiger partial charge in [0.25, 0.3) is 0 Å². The van der Waals surface area contributed by atoms with Crippen molar-refractivity contribution in [3.05, 3.63) is 200 Å². The van der Waals surface area contributed by atoms with Crippen molar-refractivity contribution in [1.82, 2.24) is 0 Å². The maximum atomic E-state index is 9.70. The van der Waals surface area contributed by atoms with Crippen LogP contribution in [0, 0.1) is 0 Å². The summed E-state index contributed by atoms with van der Waals surface area (Å²) < 4.78 is 125. The summed E-state index contributed by atoms with van der Waals surface area (Å²) in [4.78, 5) is 1.21. The average Bonchev–Trinajstić information content (AvgIpc) is 3.72. The molecule has 10 aromatic rings. The Kier molecular flexibility index (Phi) is 4.67. The molecular weight excluding hydrogens is 631 g/mol. The molecule has 0 atom stereocenters. The molecule has 0 N–H and O–H groups in total. The monoisotopic (exact) mass is 676 g/mol. The molecule has 2 heteroatoms. The van der Waals surface area contributed by atoms with Gasteiger partial charge in [0.2, 0.25) is 0 Å². The number of nitrogens with zero attached hydrogens (tertiary/aromatic N) is 1. The lowest BCUT2D eigenvalue weighted by molar-refractivity contribution is 0.673. The van der Waals surface area contributed by atoms with Gasteiger partial charge < -0.3 is 9.32 Å². The first-order valence-electron chi connectivity index (χ1n) is 23.2. The zero-order valence-electron chi connectivity index (χ0n) is 40.4. The van der Waals surface area contributed by atoms with Crippen LogP contribution in [0.25, 0.3) is 76.9 Å². The summed E-state index contributed by atoms with van der Waals surface area (Å²) in [7, 11) is 0. The van der Waals surface area contributed by atoms with Crippen LogP contribution in [0.3, 0.4) is 0 Å². The minimum atomic E-state index is -0.751. The number of para-hydroxylation sites is 1. The van der Waals surface area contributed by atoms with E-state index in [0.29, 0.717) is 38.6 Å². The van der Waals surface area contributed by atoms with Gasteiger partial charge in [-0.2, -0.15) is 0 Å². The molecule has 0 fully saturated rings. The molecule has 0 radical (unpaired) electrons. The molecule has 0 aliphatic rings. The van der Waals surface area contributed by atoms with Gasteiger partial charge in [0.15, 0.2) is 0 Å². The maximum Gasteiger partial charge on any atom is 0.143 e. The number of rotatable bonds is 6. The van der Waals surface area contributed by atoms with Crippen molar-refractivity contribution in [2.24, 2.45) is 0 Å². The molecule has 0 spiro atoms. The third kappa shape index (κ3) is 5.04. The first-order chi connectivity index (χ1) is 31.2. The molecule has 0 unspecified atom stereocenters. The van der Waals surface area contributed by atoms with E-state index >= 15 is 0 Å². The van der Waals surface area contributed by atoms with Crippen molar-refractivity contribution in [3.63, 3.8) is 0 Å². The molecule has 1 aromatic heterocycles. The van der Waals surface area contributed by atoms with E-state index in [0.717, 1.165) is 21.5 Å². The second-order valence-electron chi connectivity index (χ2n) is 12.3. The highest BCUT2D eigenvalue weighted by Gasteiger charge is 2.21. The van der Waals surface area contributed by atoms with E-state index in [9.17, 15) is 11.0 Å². The van der Waals surface area contributed by atoms with Crippen molar-refractivity contribution in [2.45, 2.75) is 0 Å². The zero-order valence-corrected chi connectivity index (χ0v) is 27.4. The largest absolute Gasteiger partial charge is 0.455 e. The highest BCUT2D eigenvalue weighted by Crippen LogP contribution is 2.46. The Labute approximate surface area is 320 Å². The van der Waals surface area contributed by atoms with Crippen LogP contribution in [-0.2, 0) is 0 Å². The summed E-state index contributed by atoms with van der Waals surface area (Å²) in [5, 5.41) is 4.87. The van der Waals surface area contributed by atoms with Crippen LogP contribution >= 0.6 is 0 Å². The first kappa shape index (κ1) is 19.5. The van der Waals surface area contributed by atoms with Gasteiger partial charge in [0, 0.05) is 33.1 Å². The van der Waals surface area contributed by atoms with Crippen molar-refractivity contribution in [3.8, 4) is 33.4 Å². The van der Waals surface area contributed by atoms with Gasteiger partial charge >= 0.3 is 0 Å². The fourth-order valence-corrected chi connectivity index (χ4v) is 6.94. The van der Waals surface area contributed by atoms with E-state index in [1.165, 1.54) is 4.90 Å². The fourth-order valence-electron chi connectivity index (χ4n) is 6.94. The molecule has 0 aliphatic heterocycles. The Morgan fingerprint density at radius 3 is 1.77 bits per heavy atom. The van der Waals surface area contributed by atoms with Gasteiger partial charge in [-0.3, -0.25) is 0 Å². The first-order valence-corrected chi connectivity index (χ1v) is 16.7. The quantitative estimate of drug-likeness (QED) is 0.174. The highest BCUT2D eigenvalue weighted by atomic mass is 16.3. The van der Waals surface area contributed by atoms with E-state index < -0.39 is 95.4 Å². The third-order valence-electron chi connectivity index (χ3n) is 9.30. The smallest absolute Gasteiger partial charge is 0.143 e. The zero-order chi connectivity index (χ0) is 45.7. The second kappa shape index (κ2) is 12.5. The minimum Gasteiger partial charge on any atom is -0.455 e. The molecule has 0 saturated heterocycles. The Hall–Kier alpha value is -6.90. The van der Waals surface area contributed by atoms with Crippen molar-refractivity contribution in [1.29, 1.82) is 0 Å². The van der Waals surface area contributed by atoms with Gasteiger partial charge in [0.05, 0.1) is 23.5 Å². The van der Waals surface area contributed by atoms with Crippen molar-refractivity contribution in [2.75, 3.05) is 4.90 Å². The lowest BCUT2D eigenvalue weighted by Crippen LogP contribution is -2.11. The highest BCUT2D eigenvalue weighted by molar-refractivity contribution is 6.19. The summed E-state index contributed by atoms with van der Waals surface area (Å²) in [6.45, 7) is 0. The van der Waals surface area contributed by atoms with Crippen molar-refractivity contribution >= 4 is 60.5 Å². The standard InChI is InChI=1S/C50H33NO/c1-2-12-34(13-3-1)35-24-29-39(30-25-35)51(40-31-26-38(27-32-40)42-20-10-16-36-14-4-6-17-41(36)42)47-22-9-8-19-44(47)45-21-11-23-48-49(45)46-33-28-37-15-5-7-18-43(37)50(46)52-48/h1-33H/i1D,2D,3D,12D,13D,24D,25D,26D,27D,29D,30D,31D,32D. The lowest BCUT2D eigenvalue weighted by Gasteiger charge is -2.28. The molecule has 244 valence electrons. The van der Waals surface area contributed by atoms with Crippen LogP contribution in [0.1, 0.15) is 17.8 Å². The predicted octanol–water partition coefficient (Wildman–Crippen LogP) is 14.4. The number of furan rings is 1. The van der Waals surface area contributed by atoms with E-state index in [1.54, 1.807) is 36.4 Å². The fraction of sp³-hybridized carbons (Fsp3) is 0. The molecule has 10 rings (SSSR count). The molecule has 0 aliphatic carbocycles. The summed E-state index contributed by atoms with van der Waals surface area (Å²) in [5.74, 6) is 0. The van der Waals surface area contributed by atoms with E-state index in [4.69, 9.17) is 11.3 Å². The Balaban J connectivity index is 1.31. The number of hydrogen-bond donors (Lipinski definition) is 0. The third-order valence-corrected chi connectivity index (χ3v) is 9.30. The summed E-state index contributed by atoms with van der Waals surface area (Å²) in [6.07, 6.45) is 0. The molecule has 0 saturated carbocycles. The lowest BCUT2D eigenvalue weighted by atomic mass is 9.95. The van der Waals surface area contributed by atoms with E-state index in [1.807, 2.05) is 84.9 Å². The molecule has 0 amide bonds. The van der Waals surface area contributed by atoms with Gasteiger partial charge in [-0.05, 0) is 86.3 Å². The van der Waals surface area contributed by atoms with Crippen LogP contribution in [0.4, 0.5) is 17.1 Å². The van der Waals surface area contributed by atoms with Crippen molar-refractivity contribution < 1.29 is 22.2 Å². The minimum absolute atomic E-state index is 0.0201. The number of fused-ring (bicyclic) bond motifs is 6. The van der Waals surface area contributed by atoms with Crippen LogP contribution in [0.2, 0.25) is 0 Å². The number of benzene rings is 9. The van der Waals surface area contributed by atoms with Crippen LogP contribution in [0.15, 0.2) is 204 Å². The van der Waals surface area contributed by atoms with Gasteiger partial charge in [-0.25, -0.2) is 0 Å². The molecule has 0 bridgehead atoms. The summed E-state index contributed by atoms with van der Waals surface area (Å²) >= 11 is 0. The average molecular weight is 677 g/mol. The van der Waals surface area contributed by atoms with Crippen LogP contribution in [0.5, 0.6) is 0 Å². The SMILES string of the molecule is [2H]c1c([2H])c([2H])c(-c2c([2H])c([2H])c(N(c3ccccc3-c3cccc4oc5c6ccccc6ccc5c34)c3c([2H])c([2H])c(-c4cccc5ccccc45)c([2H])c3[2H])c([2H])c2[2H])c([2H])c1[2H]. The molecule has 2 nitrogen and oxygen atoms in total. The van der Waals surface area contributed by atoms with E-state index in [-0.39, 0.29) is 16.9 Å². The number of anilines is 3. The summed E-state index contributed by atoms with van der Waals surface area (Å²) in [5.41, 5.74) is 1.01.